The van der Waals surface area contributed by atoms with Crippen LogP contribution >= 0.6 is 0 Å². The summed E-state index contributed by atoms with van der Waals surface area (Å²) in [5.41, 5.74) is 9.08. The molecule has 7 nitrogen and oxygen atoms in total. The van der Waals surface area contributed by atoms with Crippen molar-refractivity contribution in [2.24, 2.45) is 5.73 Å². The van der Waals surface area contributed by atoms with E-state index in [1.54, 1.807) is 30.3 Å². The molecule has 33 heavy (non-hydrogen) atoms. The van der Waals surface area contributed by atoms with Crippen molar-refractivity contribution < 1.29 is 19.3 Å². The predicted octanol–water partition coefficient (Wildman–Crippen LogP) is 4.46. The van der Waals surface area contributed by atoms with E-state index >= 15 is 0 Å². The highest BCUT2D eigenvalue weighted by Gasteiger charge is 2.31. The van der Waals surface area contributed by atoms with Crippen LogP contribution in [0.5, 0.6) is 23.0 Å². The summed E-state index contributed by atoms with van der Waals surface area (Å²) in [4.78, 5) is 0. The molecule has 164 valence electrons. The normalized spacial score (nSPS) is 14.5. The minimum atomic E-state index is -0.494. The van der Waals surface area contributed by atoms with Crippen LogP contribution in [-0.4, -0.2) is 11.7 Å². The second-order valence-corrected chi connectivity index (χ2v) is 7.34. The van der Waals surface area contributed by atoms with Crippen molar-refractivity contribution in [3.63, 3.8) is 0 Å². The Bertz CT molecular complexity index is 1320. The number of phenolic OH excluding ortho intramolecular Hbond substituents is 1. The van der Waals surface area contributed by atoms with Crippen LogP contribution in [0.15, 0.2) is 72.1 Å². The highest BCUT2D eigenvalue weighted by molar-refractivity contribution is 5.59. The first-order chi connectivity index (χ1) is 16.0. The molecular formula is C26H21N3O4. The molecular weight excluding hydrogens is 418 g/mol. The van der Waals surface area contributed by atoms with Crippen molar-refractivity contribution in [1.29, 1.82) is 10.5 Å². The van der Waals surface area contributed by atoms with Crippen molar-refractivity contribution in [1.82, 2.24) is 0 Å². The van der Waals surface area contributed by atoms with Crippen LogP contribution in [0.3, 0.4) is 0 Å². The Kier molecular flexibility index (Phi) is 6.06. The van der Waals surface area contributed by atoms with E-state index in [4.69, 9.17) is 19.9 Å². The van der Waals surface area contributed by atoms with Crippen molar-refractivity contribution in [2.45, 2.75) is 19.4 Å². The van der Waals surface area contributed by atoms with Gasteiger partial charge in [-0.3, -0.25) is 0 Å². The minimum Gasteiger partial charge on any atom is -0.508 e. The van der Waals surface area contributed by atoms with Crippen LogP contribution in [0.2, 0.25) is 0 Å². The van der Waals surface area contributed by atoms with Gasteiger partial charge in [-0.1, -0.05) is 30.3 Å². The van der Waals surface area contributed by atoms with Gasteiger partial charge in [0.15, 0.2) is 11.5 Å². The van der Waals surface area contributed by atoms with Crippen molar-refractivity contribution in [2.75, 3.05) is 6.61 Å². The van der Waals surface area contributed by atoms with Gasteiger partial charge >= 0.3 is 0 Å². The van der Waals surface area contributed by atoms with E-state index in [0.29, 0.717) is 35.0 Å². The Morgan fingerprint density at radius 2 is 1.82 bits per heavy atom. The molecule has 7 heteroatoms. The van der Waals surface area contributed by atoms with Crippen molar-refractivity contribution in [3.8, 4) is 35.1 Å². The van der Waals surface area contributed by atoms with Gasteiger partial charge in [0.25, 0.3) is 0 Å². The summed E-state index contributed by atoms with van der Waals surface area (Å²) in [6.45, 7) is 2.49. The van der Waals surface area contributed by atoms with Crippen LogP contribution in [0, 0.1) is 22.7 Å². The number of hydrogen-bond acceptors (Lipinski definition) is 7. The summed E-state index contributed by atoms with van der Waals surface area (Å²) in [6.07, 6.45) is 0. The first-order valence-corrected chi connectivity index (χ1v) is 10.3. The maximum atomic E-state index is 9.84. The topological polar surface area (TPSA) is 122 Å². The fourth-order valence-corrected chi connectivity index (χ4v) is 3.79. The summed E-state index contributed by atoms with van der Waals surface area (Å²) in [6, 6.07) is 21.7. The lowest BCUT2D eigenvalue weighted by Gasteiger charge is -2.27. The molecule has 0 bridgehead atoms. The zero-order valence-corrected chi connectivity index (χ0v) is 17.9. The number of allylic oxidation sites excluding steroid dienone is 1. The summed E-state index contributed by atoms with van der Waals surface area (Å²) >= 11 is 0. The molecule has 0 unspecified atom stereocenters. The highest BCUT2D eigenvalue weighted by atomic mass is 16.5. The van der Waals surface area contributed by atoms with Crippen LogP contribution in [0.4, 0.5) is 0 Å². The Morgan fingerprint density at radius 1 is 1.00 bits per heavy atom. The number of fused-ring (bicyclic) bond motifs is 1. The molecule has 0 saturated carbocycles. The van der Waals surface area contributed by atoms with Gasteiger partial charge in [0, 0.05) is 17.2 Å². The summed E-state index contributed by atoms with van der Waals surface area (Å²) in [5.74, 6) is 0.952. The average molecular weight is 439 g/mol. The maximum Gasteiger partial charge on any atom is 0.205 e. The van der Waals surface area contributed by atoms with Crippen molar-refractivity contribution in [3.05, 3.63) is 94.4 Å². The van der Waals surface area contributed by atoms with Crippen LogP contribution < -0.4 is 19.9 Å². The zero-order chi connectivity index (χ0) is 23.4. The van der Waals surface area contributed by atoms with Gasteiger partial charge < -0.3 is 25.1 Å². The van der Waals surface area contributed by atoms with Crippen LogP contribution in [0.1, 0.15) is 35.1 Å². The van der Waals surface area contributed by atoms with E-state index < -0.39 is 5.92 Å². The molecule has 1 aliphatic rings. The fraction of sp³-hybridized carbons (Fsp3) is 0.154. The molecule has 0 aromatic heterocycles. The number of benzene rings is 3. The second kappa shape index (κ2) is 9.25. The van der Waals surface area contributed by atoms with Gasteiger partial charge in [0.05, 0.1) is 24.2 Å². The quantitative estimate of drug-likeness (QED) is 0.581. The third-order valence-electron chi connectivity index (χ3n) is 5.32. The second-order valence-electron chi connectivity index (χ2n) is 7.34. The number of ether oxygens (including phenoxy) is 3. The largest absolute Gasteiger partial charge is 0.508 e. The Morgan fingerprint density at radius 3 is 2.58 bits per heavy atom. The lowest BCUT2D eigenvalue weighted by molar-refractivity contribution is 0.269. The first-order valence-electron chi connectivity index (χ1n) is 10.3. The summed E-state index contributed by atoms with van der Waals surface area (Å²) in [7, 11) is 0. The first kappa shape index (κ1) is 21.6. The number of hydrogen-bond donors (Lipinski definition) is 2. The maximum absolute atomic E-state index is 9.84. The number of nitrogens with zero attached hydrogens (tertiary/aromatic N) is 2. The van der Waals surface area contributed by atoms with Crippen LogP contribution in [0.25, 0.3) is 0 Å². The molecule has 4 rings (SSSR count). The van der Waals surface area contributed by atoms with E-state index in [0.717, 1.165) is 11.1 Å². The molecule has 3 aromatic carbocycles. The molecule has 0 aliphatic carbocycles. The van der Waals surface area contributed by atoms with E-state index in [1.807, 2.05) is 31.2 Å². The van der Waals surface area contributed by atoms with E-state index in [9.17, 15) is 15.6 Å². The SMILES string of the molecule is CCOc1cc([C@H]2C(C#N)=C(N)Oc3cc(O)ccc32)ccc1OCc1ccccc1C#N. The lowest BCUT2D eigenvalue weighted by Crippen LogP contribution is -2.21. The molecule has 1 atom stereocenters. The zero-order valence-electron chi connectivity index (χ0n) is 17.9. The van der Waals surface area contributed by atoms with E-state index in [1.165, 1.54) is 6.07 Å². The fourth-order valence-electron chi connectivity index (χ4n) is 3.79. The smallest absolute Gasteiger partial charge is 0.205 e. The third kappa shape index (κ3) is 4.26. The van der Waals surface area contributed by atoms with Gasteiger partial charge in [-0.2, -0.15) is 10.5 Å². The van der Waals surface area contributed by atoms with Gasteiger partial charge in [0.2, 0.25) is 5.88 Å². The monoisotopic (exact) mass is 439 g/mol. The standard InChI is InChI=1S/C26H21N3O4/c1-2-31-24-11-16(7-10-22(24)32-15-18-6-4-3-5-17(18)13-27)25-20-9-8-19(30)12-23(20)33-26(29)21(25)14-28/h3-12,25,30H,2,15,29H2,1H3/t25-/m1/s1. The molecule has 0 fully saturated rings. The number of aromatic hydroxyl groups is 1. The van der Waals surface area contributed by atoms with Gasteiger partial charge in [-0.05, 0) is 36.8 Å². The van der Waals surface area contributed by atoms with Gasteiger partial charge in [-0.15, -0.1) is 0 Å². The Labute approximate surface area is 191 Å². The van der Waals surface area contributed by atoms with Crippen LogP contribution in [-0.2, 0) is 6.61 Å². The average Bonchev–Trinajstić information content (AvgIpc) is 2.82. The van der Waals surface area contributed by atoms with Gasteiger partial charge in [0.1, 0.15) is 29.7 Å². The van der Waals surface area contributed by atoms with E-state index in [-0.39, 0.29) is 23.8 Å². The number of nitrogens with two attached hydrogens (primary N) is 1. The molecule has 0 amide bonds. The molecule has 0 spiro atoms. The minimum absolute atomic E-state index is 0.00741. The van der Waals surface area contributed by atoms with Crippen molar-refractivity contribution >= 4 is 0 Å². The summed E-state index contributed by atoms with van der Waals surface area (Å²) in [5, 5.41) is 28.9. The van der Waals surface area contributed by atoms with E-state index in [2.05, 4.69) is 12.1 Å². The number of phenols is 1. The third-order valence-corrected chi connectivity index (χ3v) is 5.32. The molecule has 0 saturated heterocycles. The number of nitriles is 2. The Hall–Kier alpha value is -4.62. The lowest BCUT2D eigenvalue weighted by atomic mass is 9.83. The molecule has 1 heterocycles. The Balaban J connectivity index is 1.72. The predicted molar refractivity (Wildman–Crippen MR) is 121 cm³/mol. The molecule has 3 N–H and O–H groups in total. The molecule has 3 aromatic rings. The number of rotatable bonds is 6. The van der Waals surface area contributed by atoms with Gasteiger partial charge in [-0.25, -0.2) is 0 Å². The molecule has 0 radical (unpaired) electrons. The highest BCUT2D eigenvalue weighted by Crippen LogP contribution is 2.45. The molecule has 1 aliphatic heterocycles. The summed E-state index contributed by atoms with van der Waals surface area (Å²) < 4.78 is 17.4.